The van der Waals surface area contributed by atoms with E-state index in [1.54, 1.807) is 0 Å². The van der Waals surface area contributed by atoms with Crippen LogP contribution in [0.5, 0.6) is 0 Å². The van der Waals surface area contributed by atoms with Gasteiger partial charge in [-0.05, 0) is 62.0 Å². The Kier molecular flexibility index (Phi) is 5.31. The Bertz CT molecular complexity index is 1060. The maximum absolute atomic E-state index is 8.11. The number of hydrogen-bond donors (Lipinski definition) is 4. The molecule has 8 heteroatoms. The molecule has 1 aromatic carbocycles. The maximum Gasteiger partial charge on any atom is 0.176 e. The first-order chi connectivity index (χ1) is 14.9. The molecule has 1 aliphatic carbocycles. The van der Waals surface area contributed by atoms with Crippen molar-refractivity contribution in [2.75, 3.05) is 17.3 Å². The summed E-state index contributed by atoms with van der Waals surface area (Å²) in [6.45, 7) is 12.7. The fraction of sp³-hybridized carbons (Fsp3) is 0.348. The molecule has 1 aromatic rings. The summed E-state index contributed by atoms with van der Waals surface area (Å²) < 4.78 is 0. The van der Waals surface area contributed by atoms with Gasteiger partial charge in [0.25, 0.3) is 0 Å². The van der Waals surface area contributed by atoms with Gasteiger partial charge in [-0.15, -0.1) is 5.11 Å². The normalized spacial score (nSPS) is 21.2. The van der Waals surface area contributed by atoms with Crippen LogP contribution in [0, 0.1) is 5.41 Å². The van der Waals surface area contributed by atoms with Gasteiger partial charge in [0.15, 0.2) is 17.5 Å². The molecule has 162 valence electrons. The number of likely N-dealkylation sites (N-methyl/N-ethyl adjacent to an activating group) is 1. The van der Waals surface area contributed by atoms with Gasteiger partial charge in [-0.1, -0.05) is 25.3 Å². The van der Waals surface area contributed by atoms with Gasteiger partial charge in [0.1, 0.15) is 0 Å². The number of nitrogens with two attached hydrogens (primary N) is 1. The lowest BCUT2D eigenvalue weighted by molar-refractivity contribution is 0.396. The van der Waals surface area contributed by atoms with Gasteiger partial charge in [0.05, 0.1) is 11.4 Å². The van der Waals surface area contributed by atoms with Crippen LogP contribution in [0.2, 0.25) is 0 Å². The molecule has 1 saturated carbocycles. The third kappa shape index (κ3) is 3.37. The minimum Gasteiger partial charge on any atom is -0.338 e. The number of nitrogens with zero attached hydrogens (tertiary/aromatic N) is 4. The highest BCUT2D eigenvalue weighted by Crippen LogP contribution is 2.45. The molecule has 0 bridgehead atoms. The Morgan fingerprint density at radius 3 is 2.61 bits per heavy atom. The van der Waals surface area contributed by atoms with Crippen molar-refractivity contribution < 1.29 is 0 Å². The molecule has 2 heterocycles. The van der Waals surface area contributed by atoms with Crippen molar-refractivity contribution >= 4 is 17.2 Å². The van der Waals surface area contributed by atoms with Crippen LogP contribution >= 0.6 is 0 Å². The highest BCUT2D eigenvalue weighted by Gasteiger charge is 2.38. The molecule has 5 N–H and O–H groups in total. The quantitative estimate of drug-likeness (QED) is 0.189. The van der Waals surface area contributed by atoms with Gasteiger partial charge < -0.3 is 26.3 Å². The van der Waals surface area contributed by atoms with Crippen molar-refractivity contribution in [2.24, 2.45) is 16.2 Å². The van der Waals surface area contributed by atoms with Gasteiger partial charge in [0.2, 0.25) is 0 Å². The Hall–Kier alpha value is -3.55. The molecular formula is C23H30N8. The summed E-state index contributed by atoms with van der Waals surface area (Å²) >= 11 is 0. The Labute approximate surface area is 183 Å². The van der Waals surface area contributed by atoms with E-state index in [-0.39, 0.29) is 5.84 Å². The van der Waals surface area contributed by atoms with E-state index in [9.17, 15) is 0 Å². The summed E-state index contributed by atoms with van der Waals surface area (Å²) in [6.07, 6.45) is 4.33. The number of nitrogens with one attached hydrogen (secondary N) is 3. The third-order valence-corrected chi connectivity index (χ3v) is 6.26. The topological polar surface area (TPSA) is 105 Å². The summed E-state index contributed by atoms with van der Waals surface area (Å²) in [4.78, 5) is 4.45. The molecule has 2 aliphatic heterocycles. The first kappa shape index (κ1) is 20.7. The smallest absolute Gasteiger partial charge is 0.176 e. The van der Waals surface area contributed by atoms with Crippen LogP contribution in [0.25, 0.3) is 0 Å². The predicted molar refractivity (Wildman–Crippen MR) is 125 cm³/mol. The Morgan fingerprint density at radius 2 is 2.03 bits per heavy atom. The number of anilines is 2. The largest absolute Gasteiger partial charge is 0.338 e. The van der Waals surface area contributed by atoms with Gasteiger partial charge in [-0.25, -0.2) is 0 Å². The average Bonchev–Trinajstić information content (AvgIpc) is 3.06. The van der Waals surface area contributed by atoms with Gasteiger partial charge in [0, 0.05) is 30.0 Å². The van der Waals surface area contributed by atoms with E-state index in [0.29, 0.717) is 11.6 Å². The lowest BCUT2D eigenvalue weighted by Gasteiger charge is -2.41. The third-order valence-electron chi connectivity index (χ3n) is 6.26. The van der Waals surface area contributed by atoms with Crippen molar-refractivity contribution in [2.45, 2.75) is 45.6 Å². The number of allylic oxidation sites excluding steroid dienone is 2. The minimum atomic E-state index is 0.0429. The lowest BCUT2D eigenvalue weighted by atomic mass is 9.91. The summed E-state index contributed by atoms with van der Waals surface area (Å²) in [5, 5.41) is 22.3. The van der Waals surface area contributed by atoms with Crippen molar-refractivity contribution in [1.29, 1.82) is 5.41 Å². The monoisotopic (exact) mass is 418 g/mol. The summed E-state index contributed by atoms with van der Waals surface area (Å²) in [5.41, 5.74) is 6.87. The maximum atomic E-state index is 8.11. The molecule has 0 atom stereocenters. The van der Waals surface area contributed by atoms with Crippen LogP contribution < -0.4 is 21.4 Å². The van der Waals surface area contributed by atoms with Crippen LogP contribution in [0.3, 0.4) is 0 Å². The number of rotatable bonds is 4. The molecule has 8 nitrogen and oxygen atoms in total. The van der Waals surface area contributed by atoms with E-state index in [0.717, 1.165) is 59.2 Å². The zero-order valence-corrected chi connectivity index (χ0v) is 18.4. The average molecular weight is 419 g/mol. The summed E-state index contributed by atoms with van der Waals surface area (Å²) in [7, 11) is 2.04. The molecule has 4 rings (SSSR count). The molecule has 0 unspecified atom stereocenters. The summed E-state index contributed by atoms with van der Waals surface area (Å²) in [5.74, 6) is 7.12. The van der Waals surface area contributed by atoms with E-state index in [2.05, 4.69) is 50.9 Å². The molecule has 0 radical (unpaired) electrons. The second kappa shape index (κ2) is 7.94. The van der Waals surface area contributed by atoms with E-state index in [1.807, 2.05) is 32.2 Å². The standard InChI is InChI=1S/C23H30N8/c1-6-17-14(4)30(5)22(27-20(17)13(2)3)23-26-18-11-10-15(21(24)28-29-25)12-19(18)31(23)16-8-7-9-16/h10-12,16,26-27H,2,4,6-9H2,1,3,5H3,(H3,24,25,28)/b23-22+. The van der Waals surface area contributed by atoms with Crippen LogP contribution in [0.15, 0.2) is 75.9 Å². The molecule has 0 amide bonds. The SMILES string of the molecule is C=C(C)C1=C(CC)C(=C)N(C)/C(=C2\Nc3ccc(C(=N)N=NN)cc3N2C2CCC2)N1. The van der Waals surface area contributed by atoms with Crippen molar-refractivity contribution in [3.8, 4) is 0 Å². The first-order valence-electron chi connectivity index (χ1n) is 10.6. The van der Waals surface area contributed by atoms with Gasteiger partial charge >= 0.3 is 0 Å². The van der Waals surface area contributed by atoms with Gasteiger partial charge in [-0.3, -0.25) is 5.41 Å². The minimum absolute atomic E-state index is 0.0429. The highest BCUT2D eigenvalue weighted by atomic mass is 15.4. The fourth-order valence-corrected chi connectivity index (χ4v) is 4.33. The van der Waals surface area contributed by atoms with Crippen LogP contribution in [0.4, 0.5) is 11.4 Å². The lowest BCUT2D eigenvalue weighted by Crippen LogP contribution is -2.44. The van der Waals surface area contributed by atoms with E-state index < -0.39 is 0 Å². The number of benzene rings is 1. The molecule has 3 aliphatic rings. The number of hydrogen-bond acceptors (Lipinski definition) is 6. The highest BCUT2D eigenvalue weighted by molar-refractivity contribution is 5.99. The van der Waals surface area contributed by atoms with Crippen LogP contribution in [-0.2, 0) is 0 Å². The Morgan fingerprint density at radius 1 is 1.29 bits per heavy atom. The van der Waals surface area contributed by atoms with Crippen LogP contribution in [0.1, 0.15) is 45.1 Å². The van der Waals surface area contributed by atoms with E-state index in [4.69, 9.17) is 11.3 Å². The van der Waals surface area contributed by atoms with Gasteiger partial charge in [-0.2, -0.15) is 0 Å². The van der Waals surface area contributed by atoms with E-state index >= 15 is 0 Å². The second-order valence-electron chi connectivity index (χ2n) is 8.19. The second-order valence-corrected chi connectivity index (χ2v) is 8.19. The molecule has 0 saturated heterocycles. The molecule has 1 fully saturated rings. The molecule has 31 heavy (non-hydrogen) atoms. The summed E-state index contributed by atoms with van der Waals surface area (Å²) in [6, 6.07) is 6.22. The van der Waals surface area contributed by atoms with Crippen LogP contribution in [-0.4, -0.2) is 23.8 Å². The fourth-order valence-electron chi connectivity index (χ4n) is 4.33. The van der Waals surface area contributed by atoms with Crippen molar-refractivity contribution in [1.82, 2.24) is 10.2 Å². The van der Waals surface area contributed by atoms with Crippen molar-refractivity contribution in [3.63, 3.8) is 0 Å². The number of fused-ring (bicyclic) bond motifs is 1. The zero-order chi connectivity index (χ0) is 22.3. The molecule has 0 spiro atoms. The first-order valence-corrected chi connectivity index (χ1v) is 10.6. The van der Waals surface area contributed by atoms with E-state index in [1.165, 1.54) is 12.0 Å². The number of amidine groups is 1. The molecule has 0 aromatic heterocycles. The predicted octanol–water partition coefficient (Wildman–Crippen LogP) is 4.54. The van der Waals surface area contributed by atoms with Crippen molar-refractivity contribution in [3.05, 3.63) is 71.1 Å². The Balaban J connectivity index is 1.83. The zero-order valence-electron chi connectivity index (χ0n) is 18.4. The molecular weight excluding hydrogens is 388 g/mol.